The molecular formula is C18H22FNO5S. The molecule has 0 aromatic carbocycles. The zero-order chi connectivity index (χ0) is 18.9. The number of pyridine rings is 1. The molecule has 1 aliphatic carbocycles. The topological polar surface area (TPSA) is 74.1 Å². The molecule has 0 aliphatic heterocycles. The number of nitrogens with zero attached hydrogens (tertiary/aromatic N) is 1. The summed E-state index contributed by atoms with van der Waals surface area (Å²) in [5, 5.41) is 0. The fourth-order valence-corrected chi connectivity index (χ4v) is 4.19. The van der Waals surface area contributed by atoms with Gasteiger partial charge in [0.05, 0.1) is 30.9 Å². The van der Waals surface area contributed by atoms with Gasteiger partial charge in [-0.3, -0.25) is 13.4 Å². The first kappa shape index (κ1) is 18.8. The molecule has 26 heavy (non-hydrogen) atoms. The maximum absolute atomic E-state index is 14.5. The number of halogens is 1. The largest absolute Gasteiger partial charge is 0.465 e. The Hall–Kier alpha value is -1.93. The maximum atomic E-state index is 14.5. The number of fused-ring (bicyclic) bond motifs is 3. The molecule has 2 aromatic rings. The Morgan fingerprint density at radius 2 is 2.15 bits per heavy atom. The number of esters is 1. The van der Waals surface area contributed by atoms with Crippen molar-refractivity contribution in [3.63, 3.8) is 0 Å². The van der Waals surface area contributed by atoms with Gasteiger partial charge in [-0.2, -0.15) is 12.8 Å². The zero-order valence-corrected chi connectivity index (χ0v) is 15.6. The summed E-state index contributed by atoms with van der Waals surface area (Å²) in [6.45, 7) is 2.27. The van der Waals surface area contributed by atoms with Crippen LogP contribution in [-0.2, 0) is 43.1 Å². The van der Waals surface area contributed by atoms with Gasteiger partial charge >= 0.3 is 5.97 Å². The first-order chi connectivity index (χ1) is 12.3. The third kappa shape index (κ3) is 3.91. The average Bonchev–Trinajstić information content (AvgIpc) is 2.86. The van der Waals surface area contributed by atoms with E-state index in [4.69, 9.17) is 8.92 Å². The van der Waals surface area contributed by atoms with Crippen molar-refractivity contribution in [2.24, 2.45) is 0 Å². The third-order valence-corrected chi connectivity index (χ3v) is 5.09. The minimum Gasteiger partial charge on any atom is -0.465 e. The molecule has 0 amide bonds. The van der Waals surface area contributed by atoms with Crippen LogP contribution in [0.3, 0.4) is 0 Å². The van der Waals surface area contributed by atoms with E-state index in [2.05, 4.69) is 0 Å². The van der Waals surface area contributed by atoms with Crippen LogP contribution >= 0.6 is 0 Å². The zero-order valence-electron chi connectivity index (χ0n) is 14.8. The highest BCUT2D eigenvalue weighted by Crippen LogP contribution is 2.33. The van der Waals surface area contributed by atoms with Gasteiger partial charge in [-0.1, -0.05) is 13.0 Å². The van der Waals surface area contributed by atoms with Crippen LogP contribution in [0.15, 0.2) is 18.2 Å². The van der Waals surface area contributed by atoms with Crippen LogP contribution in [0.25, 0.3) is 5.52 Å². The molecule has 0 bridgehead atoms. The standard InChI is InChI=1S/C18H22FNO5S/c1-3-9-24-18(21)11-14-13-8-7-12(25-26(2,22)23)10-16(13)20-15(14)5-4-6-17(20)19/h4-6,12H,3,7-11H2,1-2H3. The summed E-state index contributed by atoms with van der Waals surface area (Å²) in [5.41, 5.74) is 2.91. The van der Waals surface area contributed by atoms with Crippen molar-refractivity contribution in [1.29, 1.82) is 0 Å². The predicted octanol–water partition coefficient (Wildman–Crippen LogP) is 2.41. The fraction of sp³-hybridized carbons (Fsp3) is 0.500. The second kappa shape index (κ2) is 7.36. The Morgan fingerprint density at radius 3 is 2.85 bits per heavy atom. The van der Waals surface area contributed by atoms with Gasteiger partial charge in [0, 0.05) is 12.1 Å². The molecule has 2 heterocycles. The van der Waals surface area contributed by atoms with Crippen molar-refractivity contribution >= 4 is 21.6 Å². The van der Waals surface area contributed by atoms with Crippen molar-refractivity contribution < 1.29 is 26.5 Å². The number of hydrogen-bond donors (Lipinski definition) is 0. The van der Waals surface area contributed by atoms with E-state index in [1.54, 1.807) is 12.1 Å². The second-order valence-corrected chi connectivity index (χ2v) is 8.14. The Labute approximate surface area is 152 Å². The van der Waals surface area contributed by atoms with E-state index in [9.17, 15) is 17.6 Å². The molecule has 0 fully saturated rings. The Kier molecular flexibility index (Phi) is 5.34. The molecule has 142 valence electrons. The van der Waals surface area contributed by atoms with Crippen molar-refractivity contribution in [3.8, 4) is 0 Å². The van der Waals surface area contributed by atoms with Gasteiger partial charge in [0.2, 0.25) is 0 Å². The van der Waals surface area contributed by atoms with E-state index in [1.807, 2.05) is 6.92 Å². The minimum atomic E-state index is -3.59. The number of rotatable bonds is 6. The molecule has 8 heteroatoms. The van der Waals surface area contributed by atoms with Crippen molar-refractivity contribution in [3.05, 3.63) is 41.0 Å². The number of carbonyl (C=O) groups excluding carboxylic acids is 1. The van der Waals surface area contributed by atoms with E-state index >= 15 is 0 Å². The highest BCUT2D eigenvalue weighted by molar-refractivity contribution is 7.86. The van der Waals surface area contributed by atoms with Crippen LogP contribution in [0, 0.1) is 5.95 Å². The first-order valence-corrected chi connectivity index (χ1v) is 10.4. The molecule has 0 N–H and O–H groups in total. The lowest BCUT2D eigenvalue weighted by atomic mass is 9.92. The Bertz CT molecular complexity index is 935. The predicted molar refractivity (Wildman–Crippen MR) is 94.1 cm³/mol. The van der Waals surface area contributed by atoms with Gasteiger partial charge in [0.25, 0.3) is 10.1 Å². The lowest BCUT2D eigenvalue weighted by Crippen LogP contribution is -2.26. The lowest BCUT2D eigenvalue weighted by Gasteiger charge is -2.22. The fourth-order valence-electron chi connectivity index (χ4n) is 3.53. The summed E-state index contributed by atoms with van der Waals surface area (Å²) in [4.78, 5) is 12.1. The van der Waals surface area contributed by atoms with Gasteiger partial charge in [0.15, 0.2) is 5.95 Å². The van der Waals surface area contributed by atoms with Crippen LogP contribution in [-0.4, -0.2) is 37.8 Å². The molecule has 0 spiro atoms. The Balaban J connectivity index is 2.00. The summed E-state index contributed by atoms with van der Waals surface area (Å²) in [6, 6.07) is 4.70. The smallest absolute Gasteiger partial charge is 0.310 e. The number of hydrogen-bond acceptors (Lipinski definition) is 5. The summed E-state index contributed by atoms with van der Waals surface area (Å²) in [6.07, 6.45) is 2.57. The van der Waals surface area contributed by atoms with Crippen LogP contribution < -0.4 is 0 Å². The number of carbonyl (C=O) groups is 1. The van der Waals surface area contributed by atoms with Gasteiger partial charge in [-0.25, -0.2) is 0 Å². The molecule has 0 radical (unpaired) electrons. The summed E-state index contributed by atoms with van der Waals surface area (Å²) >= 11 is 0. The molecule has 0 saturated carbocycles. The number of ether oxygens (including phenoxy) is 1. The van der Waals surface area contributed by atoms with Crippen LogP contribution in [0.1, 0.15) is 36.6 Å². The van der Waals surface area contributed by atoms with E-state index in [1.165, 1.54) is 10.5 Å². The van der Waals surface area contributed by atoms with Crippen molar-refractivity contribution in [2.75, 3.05) is 12.9 Å². The minimum absolute atomic E-state index is 0.0693. The van der Waals surface area contributed by atoms with Crippen molar-refractivity contribution in [2.45, 2.75) is 45.1 Å². The lowest BCUT2D eigenvalue weighted by molar-refractivity contribution is -0.142. The second-order valence-electron chi connectivity index (χ2n) is 6.54. The van der Waals surface area contributed by atoms with E-state index in [0.29, 0.717) is 30.7 Å². The molecule has 1 aliphatic rings. The molecule has 6 nitrogen and oxygen atoms in total. The highest BCUT2D eigenvalue weighted by atomic mass is 32.2. The van der Waals surface area contributed by atoms with Crippen LogP contribution in [0.2, 0.25) is 0 Å². The van der Waals surface area contributed by atoms with Crippen molar-refractivity contribution in [1.82, 2.24) is 4.40 Å². The maximum Gasteiger partial charge on any atom is 0.310 e. The molecular weight excluding hydrogens is 361 g/mol. The molecule has 0 saturated heterocycles. The van der Waals surface area contributed by atoms with Crippen LogP contribution in [0.4, 0.5) is 4.39 Å². The normalized spacial score (nSPS) is 17.3. The average molecular weight is 383 g/mol. The third-order valence-electron chi connectivity index (χ3n) is 4.47. The van der Waals surface area contributed by atoms with Gasteiger partial charge in [-0.05, 0) is 42.5 Å². The van der Waals surface area contributed by atoms with Gasteiger partial charge in [0.1, 0.15) is 0 Å². The number of aromatic nitrogens is 1. The molecule has 3 rings (SSSR count). The summed E-state index contributed by atoms with van der Waals surface area (Å²) < 4.78 is 49.1. The van der Waals surface area contributed by atoms with E-state index in [0.717, 1.165) is 23.8 Å². The van der Waals surface area contributed by atoms with Crippen LogP contribution in [0.5, 0.6) is 0 Å². The van der Waals surface area contributed by atoms with Gasteiger partial charge in [-0.15, -0.1) is 0 Å². The molecule has 2 aromatic heterocycles. The monoisotopic (exact) mass is 383 g/mol. The highest BCUT2D eigenvalue weighted by Gasteiger charge is 2.30. The van der Waals surface area contributed by atoms with E-state index in [-0.39, 0.29) is 18.8 Å². The summed E-state index contributed by atoms with van der Waals surface area (Å²) in [7, 11) is -3.59. The Morgan fingerprint density at radius 1 is 1.38 bits per heavy atom. The SMILES string of the molecule is CCCOC(=O)Cc1c2c(n3c(F)cccc13)CC(OS(C)(=O)=O)CC2. The molecule has 1 atom stereocenters. The molecule has 1 unspecified atom stereocenters. The van der Waals surface area contributed by atoms with E-state index < -0.39 is 22.2 Å². The quantitative estimate of drug-likeness (QED) is 0.435. The first-order valence-electron chi connectivity index (χ1n) is 8.63. The van der Waals surface area contributed by atoms with Gasteiger partial charge < -0.3 is 4.74 Å². The summed E-state index contributed by atoms with van der Waals surface area (Å²) in [5.74, 6) is -0.798.